The van der Waals surface area contributed by atoms with Crippen LogP contribution in [0.2, 0.25) is 0 Å². The highest BCUT2D eigenvalue weighted by molar-refractivity contribution is 9.12. The number of rotatable bonds is 4. The fourth-order valence-electron chi connectivity index (χ4n) is 0.745. The number of ether oxygens (including phenoxy) is 1. The largest absolute Gasteiger partial charge is 0.465 e. The van der Waals surface area contributed by atoms with Crippen molar-refractivity contribution >= 4 is 27.6 Å². The standard InChI is InChI=1S/C9H15BrN2O2/c1-4-14-8(13)5-12-7(3)9(10)6(2)11/h4-5,11H2,1-3H3. The fraction of sp³-hybridized carbons (Fsp3) is 0.556. The molecule has 80 valence electrons. The van der Waals surface area contributed by atoms with Crippen molar-refractivity contribution in [2.45, 2.75) is 20.8 Å². The van der Waals surface area contributed by atoms with Gasteiger partial charge in [-0.05, 0) is 36.7 Å². The van der Waals surface area contributed by atoms with Crippen LogP contribution in [-0.2, 0) is 9.53 Å². The van der Waals surface area contributed by atoms with Crippen LogP contribution in [0.3, 0.4) is 0 Å². The van der Waals surface area contributed by atoms with E-state index in [1.54, 1.807) is 20.8 Å². The Hall–Kier alpha value is -0.840. The van der Waals surface area contributed by atoms with E-state index < -0.39 is 0 Å². The smallest absolute Gasteiger partial charge is 0.327 e. The summed E-state index contributed by atoms with van der Waals surface area (Å²) < 4.78 is 5.45. The van der Waals surface area contributed by atoms with Gasteiger partial charge in [0.1, 0.15) is 6.54 Å². The van der Waals surface area contributed by atoms with Crippen LogP contribution in [0, 0.1) is 0 Å². The molecule has 0 aromatic rings. The third-order valence-electron chi connectivity index (χ3n) is 1.41. The van der Waals surface area contributed by atoms with Crippen LogP contribution in [0.5, 0.6) is 0 Å². The Labute approximate surface area is 92.3 Å². The van der Waals surface area contributed by atoms with E-state index in [1.165, 1.54) is 0 Å². The first-order valence-corrected chi connectivity index (χ1v) is 5.07. The highest BCUT2D eigenvalue weighted by Gasteiger charge is 2.02. The van der Waals surface area contributed by atoms with Crippen LogP contribution >= 0.6 is 15.9 Å². The second-order valence-electron chi connectivity index (χ2n) is 2.70. The highest BCUT2D eigenvalue weighted by Crippen LogP contribution is 2.10. The Bertz CT molecular complexity index is 268. The molecule has 0 aliphatic heterocycles. The number of allylic oxidation sites excluding steroid dienone is 2. The molecule has 0 heterocycles. The average Bonchev–Trinajstić information content (AvgIpc) is 2.13. The van der Waals surface area contributed by atoms with Crippen molar-refractivity contribution in [1.29, 1.82) is 0 Å². The Kier molecular flexibility index (Phi) is 6.19. The van der Waals surface area contributed by atoms with Gasteiger partial charge in [-0.25, -0.2) is 0 Å². The minimum atomic E-state index is -0.332. The predicted octanol–water partition coefficient (Wildman–Crippen LogP) is 1.60. The molecule has 0 aliphatic carbocycles. The minimum Gasteiger partial charge on any atom is -0.465 e. The van der Waals surface area contributed by atoms with Crippen molar-refractivity contribution in [3.05, 3.63) is 10.2 Å². The third kappa shape index (κ3) is 5.01. The van der Waals surface area contributed by atoms with Gasteiger partial charge in [0, 0.05) is 11.4 Å². The molecule has 4 nitrogen and oxygen atoms in total. The van der Waals surface area contributed by atoms with Gasteiger partial charge < -0.3 is 10.5 Å². The second kappa shape index (κ2) is 6.59. The van der Waals surface area contributed by atoms with Gasteiger partial charge in [-0.1, -0.05) is 0 Å². The lowest BCUT2D eigenvalue weighted by Crippen LogP contribution is -2.10. The van der Waals surface area contributed by atoms with Crippen molar-refractivity contribution in [1.82, 2.24) is 0 Å². The molecule has 0 unspecified atom stereocenters. The zero-order chi connectivity index (χ0) is 11.1. The number of nitrogens with zero attached hydrogens (tertiary/aromatic N) is 1. The van der Waals surface area contributed by atoms with Crippen LogP contribution in [-0.4, -0.2) is 24.8 Å². The van der Waals surface area contributed by atoms with Crippen molar-refractivity contribution in [3.8, 4) is 0 Å². The number of aliphatic imine (C=N–C) groups is 1. The number of esters is 1. The number of carbonyl (C=O) groups is 1. The maximum atomic E-state index is 10.9. The zero-order valence-corrected chi connectivity index (χ0v) is 10.2. The molecule has 0 rings (SSSR count). The topological polar surface area (TPSA) is 64.7 Å². The first-order valence-electron chi connectivity index (χ1n) is 4.28. The Morgan fingerprint density at radius 2 is 2.07 bits per heavy atom. The first kappa shape index (κ1) is 13.2. The molecule has 0 aromatic heterocycles. The maximum Gasteiger partial charge on any atom is 0.327 e. The molecule has 0 aliphatic rings. The van der Waals surface area contributed by atoms with Crippen LogP contribution in [0.1, 0.15) is 20.8 Å². The summed E-state index contributed by atoms with van der Waals surface area (Å²) in [6.45, 7) is 5.70. The molecule has 0 fully saturated rings. The Balaban J connectivity index is 4.27. The average molecular weight is 263 g/mol. The normalized spacial score (nSPS) is 13.6. The molecule has 0 aromatic carbocycles. The fourth-order valence-corrected chi connectivity index (χ4v) is 0.870. The van der Waals surface area contributed by atoms with Crippen molar-refractivity contribution in [2.24, 2.45) is 10.7 Å². The SMILES string of the molecule is CCOC(=O)CN=C(C)C(Br)=C(C)N. The third-order valence-corrected chi connectivity index (χ3v) is 2.61. The molecule has 2 N–H and O–H groups in total. The summed E-state index contributed by atoms with van der Waals surface area (Å²) >= 11 is 3.27. The van der Waals surface area contributed by atoms with Crippen molar-refractivity contribution < 1.29 is 9.53 Å². The lowest BCUT2D eigenvalue weighted by molar-refractivity contribution is -0.141. The summed E-state index contributed by atoms with van der Waals surface area (Å²) in [5, 5.41) is 0. The Morgan fingerprint density at radius 1 is 1.50 bits per heavy atom. The summed E-state index contributed by atoms with van der Waals surface area (Å²) in [7, 11) is 0. The van der Waals surface area contributed by atoms with E-state index in [0.29, 0.717) is 18.0 Å². The molecular weight excluding hydrogens is 248 g/mol. The minimum absolute atomic E-state index is 0.0298. The van der Waals surface area contributed by atoms with E-state index in [2.05, 4.69) is 20.9 Å². The van der Waals surface area contributed by atoms with Crippen LogP contribution < -0.4 is 5.73 Å². The summed E-state index contributed by atoms with van der Waals surface area (Å²) in [6, 6.07) is 0. The predicted molar refractivity (Wildman–Crippen MR) is 60.4 cm³/mol. The van der Waals surface area contributed by atoms with Crippen LogP contribution in [0.15, 0.2) is 15.2 Å². The molecule has 0 amide bonds. The van der Waals surface area contributed by atoms with Gasteiger partial charge in [0.15, 0.2) is 0 Å². The van der Waals surface area contributed by atoms with Crippen molar-refractivity contribution in [3.63, 3.8) is 0 Å². The molecule has 5 heteroatoms. The van der Waals surface area contributed by atoms with Gasteiger partial charge in [0.2, 0.25) is 0 Å². The van der Waals surface area contributed by atoms with Crippen LogP contribution in [0.4, 0.5) is 0 Å². The van der Waals surface area contributed by atoms with Crippen LogP contribution in [0.25, 0.3) is 0 Å². The first-order chi connectivity index (χ1) is 6.49. The molecular formula is C9H15BrN2O2. The number of hydrogen-bond acceptors (Lipinski definition) is 4. The van der Waals surface area contributed by atoms with E-state index >= 15 is 0 Å². The Morgan fingerprint density at radius 3 is 2.50 bits per heavy atom. The van der Waals surface area contributed by atoms with E-state index in [9.17, 15) is 4.79 Å². The lowest BCUT2D eigenvalue weighted by atomic mass is 10.3. The molecule has 0 saturated carbocycles. The lowest BCUT2D eigenvalue weighted by Gasteiger charge is -2.02. The van der Waals surface area contributed by atoms with E-state index in [4.69, 9.17) is 10.5 Å². The summed E-state index contributed by atoms with van der Waals surface area (Å²) in [5.41, 5.74) is 6.86. The van der Waals surface area contributed by atoms with E-state index in [1.807, 2.05) is 0 Å². The zero-order valence-electron chi connectivity index (χ0n) is 8.63. The van der Waals surface area contributed by atoms with Gasteiger partial charge in [0.25, 0.3) is 0 Å². The van der Waals surface area contributed by atoms with E-state index in [0.717, 1.165) is 4.48 Å². The van der Waals surface area contributed by atoms with Gasteiger partial charge in [-0.15, -0.1) is 0 Å². The molecule has 0 saturated heterocycles. The van der Waals surface area contributed by atoms with Gasteiger partial charge in [-0.2, -0.15) is 0 Å². The monoisotopic (exact) mass is 262 g/mol. The van der Waals surface area contributed by atoms with Gasteiger partial charge in [-0.3, -0.25) is 9.79 Å². The second-order valence-corrected chi connectivity index (χ2v) is 3.50. The maximum absolute atomic E-state index is 10.9. The summed E-state index contributed by atoms with van der Waals surface area (Å²) in [6.07, 6.45) is 0. The number of halogens is 1. The highest BCUT2D eigenvalue weighted by atomic mass is 79.9. The number of nitrogens with two attached hydrogens (primary N) is 1. The summed E-state index contributed by atoms with van der Waals surface area (Å²) in [5.74, 6) is -0.332. The quantitative estimate of drug-likeness (QED) is 0.618. The van der Waals surface area contributed by atoms with Gasteiger partial charge in [0.05, 0.1) is 11.1 Å². The number of carbonyl (C=O) groups excluding carboxylic acids is 1. The molecule has 14 heavy (non-hydrogen) atoms. The molecule has 0 atom stereocenters. The number of hydrogen-bond donors (Lipinski definition) is 1. The molecule has 0 bridgehead atoms. The summed E-state index contributed by atoms with van der Waals surface area (Å²) in [4.78, 5) is 15.0. The molecule has 0 radical (unpaired) electrons. The molecule has 0 spiro atoms. The van der Waals surface area contributed by atoms with Crippen molar-refractivity contribution in [2.75, 3.05) is 13.2 Å². The van der Waals surface area contributed by atoms with Gasteiger partial charge >= 0.3 is 5.97 Å². The van der Waals surface area contributed by atoms with E-state index in [-0.39, 0.29) is 12.5 Å².